The van der Waals surface area contributed by atoms with Crippen molar-refractivity contribution in [2.45, 2.75) is 23.1 Å². The van der Waals surface area contributed by atoms with Crippen LogP contribution in [0.4, 0.5) is 0 Å². The van der Waals surface area contributed by atoms with Crippen molar-refractivity contribution >= 4 is 39.3 Å². The number of benzene rings is 2. The number of halogens is 2. The van der Waals surface area contributed by atoms with Gasteiger partial charge >= 0.3 is 0 Å². The highest BCUT2D eigenvalue weighted by molar-refractivity contribution is 9.10. The first-order valence-corrected chi connectivity index (χ1v) is 8.04. The molecule has 0 heterocycles. The fourth-order valence-electron chi connectivity index (χ4n) is 1.82. The molecule has 100 valence electrons. The van der Waals surface area contributed by atoms with Crippen molar-refractivity contribution in [3.8, 4) is 0 Å². The quantitative estimate of drug-likeness (QED) is 0.754. The molecule has 2 unspecified atom stereocenters. The summed E-state index contributed by atoms with van der Waals surface area (Å²) in [6.07, 6.45) is 0. The minimum atomic E-state index is 0.0603. The summed E-state index contributed by atoms with van der Waals surface area (Å²) >= 11 is 11.2. The highest BCUT2D eigenvalue weighted by Gasteiger charge is 2.17. The van der Waals surface area contributed by atoms with Crippen molar-refractivity contribution in [1.29, 1.82) is 0 Å². The Morgan fingerprint density at radius 2 is 1.84 bits per heavy atom. The lowest BCUT2D eigenvalue weighted by Crippen LogP contribution is -2.22. The van der Waals surface area contributed by atoms with Crippen LogP contribution in [0.3, 0.4) is 0 Å². The van der Waals surface area contributed by atoms with Crippen molar-refractivity contribution in [1.82, 2.24) is 0 Å². The number of rotatable bonds is 4. The van der Waals surface area contributed by atoms with Crippen LogP contribution < -0.4 is 5.73 Å². The molecule has 19 heavy (non-hydrogen) atoms. The van der Waals surface area contributed by atoms with Crippen molar-refractivity contribution in [3.63, 3.8) is 0 Å². The highest BCUT2D eigenvalue weighted by Crippen LogP contribution is 2.38. The normalized spacial score (nSPS) is 14.1. The van der Waals surface area contributed by atoms with Crippen LogP contribution in [0.25, 0.3) is 0 Å². The average Bonchev–Trinajstić information content (AvgIpc) is 2.37. The zero-order chi connectivity index (χ0) is 13.8. The zero-order valence-corrected chi connectivity index (χ0v) is 13.7. The third-order valence-electron chi connectivity index (χ3n) is 2.74. The van der Waals surface area contributed by atoms with Crippen LogP contribution >= 0.6 is 39.3 Å². The van der Waals surface area contributed by atoms with E-state index in [1.165, 1.54) is 5.56 Å². The molecule has 2 N–H and O–H groups in total. The van der Waals surface area contributed by atoms with Crippen LogP contribution in [-0.2, 0) is 0 Å². The molecule has 0 aliphatic rings. The van der Waals surface area contributed by atoms with Crippen LogP contribution in [0.15, 0.2) is 57.9 Å². The van der Waals surface area contributed by atoms with E-state index in [1.807, 2.05) is 37.3 Å². The maximum Gasteiger partial charge on any atom is 0.0492 e. The van der Waals surface area contributed by atoms with Gasteiger partial charge in [0.05, 0.1) is 0 Å². The molecule has 2 rings (SSSR count). The average molecular weight is 357 g/mol. The van der Waals surface area contributed by atoms with E-state index < -0.39 is 0 Å². The summed E-state index contributed by atoms with van der Waals surface area (Å²) in [5, 5.41) is 0.968. The number of hydrogen-bond donors (Lipinski definition) is 1. The highest BCUT2D eigenvalue weighted by atomic mass is 79.9. The van der Waals surface area contributed by atoms with Crippen molar-refractivity contribution in [3.05, 3.63) is 63.6 Å². The molecule has 4 heteroatoms. The summed E-state index contributed by atoms with van der Waals surface area (Å²) < 4.78 is 1.08. The first-order valence-electron chi connectivity index (χ1n) is 5.99. The smallest absolute Gasteiger partial charge is 0.0492 e. The lowest BCUT2D eigenvalue weighted by molar-refractivity contribution is 0.721. The van der Waals surface area contributed by atoms with E-state index in [4.69, 9.17) is 17.3 Å². The second-order valence-corrected chi connectivity index (χ2v) is 6.97. The Bertz CT molecular complexity index is 542. The Balaban J connectivity index is 2.23. The molecular weight excluding hydrogens is 342 g/mol. The number of nitrogens with two attached hydrogens (primary N) is 1. The Hall–Kier alpha value is -0.480. The zero-order valence-electron chi connectivity index (χ0n) is 10.5. The molecule has 0 aliphatic carbocycles. The van der Waals surface area contributed by atoms with Crippen LogP contribution in [0.2, 0.25) is 5.02 Å². The Morgan fingerprint density at radius 1 is 1.16 bits per heavy atom. The maximum atomic E-state index is 6.13. The van der Waals surface area contributed by atoms with Gasteiger partial charge < -0.3 is 5.73 Å². The van der Waals surface area contributed by atoms with Gasteiger partial charge in [0, 0.05) is 25.7 Å². The van der Waals surface area contributed by atoms with E-state index in [0.29, 0.717) is 0 Å². The first-order chi connectivity index (χ1) is 9.06. The minimum absolute atomic E-state index is 0.0603. The fraction of sp³-hybridized carbons (Fsp3) is 0.200. The summed E-state index contributed by atoms with van der Waals surface area (Å²) in [4.78, 5) is 1.14. The molecule has 2 aromatic rings. The van der Waals surface area contributed by atoms with Gasteiger partial charge in [-0.1, -0.05) is 45.7 Å². The molecule has 0 bridgehead atoms. The van der Waals surface area contributed by atoms with E-state index in [0.717, 1.165) is 14.4 Å². The number of thioether (sulfide) groups is 1. The summed E-state index contributed by atoms with van der Waals surface area (Å²) in [5.74, 6) is 0. The van der Waals surface area contributed by atoms with Gasteiger partial charge in [-0.3, -0.25) is 0 Å². The van der Waals surface area contributed by atoms with Crippen LogP contribution in [0.1, 0.15) is 17.7 Å². The minimum Gasteiger partial charge on any atom is -0.327 e. The Kier molecular flexibility index (Phi) is 5.34. The lowest BCUT2D eigenvalue weighted by atomic mass is 10.1. The van der Waals surface area contributed by atoms with Crippen LogP contribution in [0, 0.1) is 0 Å². The molecular formula is C15H15BrClNS. The van der Waals surface area contributed by atoms with Gasteiger partial charge in [-0.25, -0.2) is 0 Å². The van der Waals surface area contributed by atoms with E-state index in [2.05, 4.69) is 34.1 Å². The molecule has 0 spiro atoms. The Morgan fingerprint density at radius 3 is 2.42 bits per heavy atom. The molecule has 0 saturated heterocycles. The molecule has 0 aliphatic heterocycles. The van der Waals surface area contributed by atoms with Crippen molar-refractivity contribution in [2.75, 3.05) is 0 Å². The van der Waals surface area contributed by atoms with Gasteiger partial charge in [0.25, 0.3) is 0 Å². The van der Waals surface area contributed by atoms with Crippen molar-refractivity contribution < 1.29 is 0 Å². The SMILES string of the molecule is CC(N)C(Sc1cccc(Cl)c1)c1ccc(Br)cc1. The molecule has 0 fully saturated rings. The second-order valence-electron chi connectivity index (χ2n) is 4.41. The third-order valence-corrected chi connectivity index (χ3v) is 4.98. The molecule has 0 amide bonds. The van der Waals surface area contributed by atoms with Gasteiger partial charge in [-0.2, -0.15) is 0 Å². The van der Waals surface area contributed by atoms with Gasteiger partial charge in [0.2, 0.25) is 0 Å². The van der Waals surface area contributed by atoms with Gasteiger partial charge in [-0.15, -0.1) is 11.8 Å². The van der Waals surface area contributed by atoms with Gasteiger partial charge in [-0.05, 0) is 42.8 Å². The van der Waals surface area contributed by atoms with E-state index in [1.54, 1.807) is 11.8 Å². The van der Waals surface area contributed by atoms with Crippen LogP contribution in [-0.4, -0.2) is 6.04 Å². The predicted molar refractivity (Wildman–Crippen MR) is 87.8 cm³/mol. The summed E-state index contributed by atoms with van der Waals surface area (Å²) in [6, 6.07) is 16.2. The fourth-order valence-corrected chi connectivity index (χ4v) is 3.49. The van der Waals surface area contributed by atoms with Gasteiger partial charge in [0.1, 0.15) is 0 Å². The molecule has 0 saturated carbocycles. The summed E-state index contributed by atoms with van der Waals surface area (Å²) in [5.41, 5.74) is 7.35. The van der Waals surface area contributed by atoms with Crippen LogP contribution in [0.5, 0.6) is 0 Å². The standard InChI is InChI=1S/C15H15BrClNS/c1-10(18)15(11-5-7-12(16)8-6-11)19-14-4-2-3-13(17)9-14/h2-10,15H,18H2,1H3. The molecule has 2 aromatic carbocycles. The molecule has 2 atom stereocenters. The first kappa shape index (κ1) is 14.9. The second kappa shape index (κ2) is 6.80. The summed E-state index contributed by atoms with van der Waals surface area (Å²) in [6.45, 7) is 2.03. The predicted octanol–water partition coefficient (Wildman–Crippen LogP) is 5.28. The van der Waals surface area contributed by atoms with E-state index in [-0.39, 0.29) is 11.3 Å². The molecule has 0 radical (unpaired) electrons. The molecule has 1 nitrogen and oxygen atoms in total. The van der Waals surface area contributed by atoms with E-state index in [9.17, 15) is 0 Å². The lowest BCUT2D eigenvalue weighted by Gasteiger charge is -2.21. The van der Waals surface area contributed by atoms with Crippen molar-refractivity contribution in [2.24, 2.45) is 5.73 Å². The molecule has 0 aromatic heterocycles. The topological polar surface area (TPSA) is 26.0 Å². The maximum absolute atomic E-state index is 6.13. The summed E-state index contributed by atoms with van der Waals surface area (Å²) in [7, 11) is 0. The Labute approximate surface area is 131 Å². The largest absolute Gasteiger partial charge is 0.327 e. The monoisotopic (exact) mass is 355 g/mol. The third kappa shape index (κ3) is 4.25. The van der Waals surface area contributed by atoms with E-state index >= 15 is 0 Å². The number of hydrogen-bond acceptors (Lipinski definition) is 2. The van der Waals surface area contributed by atoms with Gasteiger partial charge in [0.15, 0.2) is 0 Å².